The standard InChI is InChI=1S/C31H36BrNO8/c1-7-40-10-11-41-31(35)28-17(2)33-22-12-19(18-8-9-24(36-3)25(14-18)37-4)13-23(34)30(22)29(28)20-15-26(38-5)27(39-6)16-21(20)32/h8-9,14-16,19,29,33H,7,10-13H2,1-6H3/t19-,29+/m0/s1. The van der Waals surface area contributed by atoms with Crippen LogP contribution in [0.25, 0.3) is 0 Å². The maximum Gasteiger partial charge on any atom is 0.336 e. The lowest BCUT2D eigenvalue weighted by molar-refractivity contribution is -0.140. The zero-order valence-electron chi connectivity index (χ0n) is 24.2. The normalized spacial score (nSPS) is 18.5. The fourth-order valence-electron chi connectivity index (χ4n) is 5.47. The van der Waals surface area contributed by atoms with Crippen molar-refractivity contribution in [2.24, 2.45) is 0 Å². The van der Waals surface area contributed by atoms with Crippen LogP contribution in [0.1, 0.15) is 49.7 Å². The van der Waals surface area contributed by atoms with Gasteiger partial charge in [0.2, 0.25) is 0 Å². The van der Waals surface area contributed by atoms with E-state index in [-0.39, 0.29) is 31.3 Å². The Kier molecular flexibility index (Phi) is 9.99. The summed E-state index contributed by atoms with van der Waals surface area (Å²) in [7, 11) is 6.28. The molecule has 0 unspecified atom stereocenters. The second-order valence-electron chi connectivity index (χ2n) is 9.69. The van der Waals surface area contributed by atoms with E-state index in [4.69, 9.17) is 28.4 Å². The summed E-state index contributed by atoms with van der Waals surface area (Å²) >= 11 is 3.66. The number of allylic oxidation sites excluding steroid dienone is 3. The van der Waals surface area contributed by atoms with Gasteiger partial charge in [0.1, 0.15) is 6.61 Å². The van der Waals surface area contributed by atoms with E-state index in [1.54, 1.807) is 40.6 Å². The smallest absolute Gasteiger partial charge is 0.336 e. The third kappa shape index (κ3) is 6.23. The van der Waals surface area contributed by atoms with Gasteiger partial charge in [-0.15, -0.1) is 0 Å². The van der Waals surface area contributed by atoms with E-state index >= 15 is 0 Å². The van der Waals surface area contributed by atoms with Crippen LogP contribution in [0, 0.1) is 0 Å². The highest BCUT2D eigenvalue weighted by molar-refractivity contribution is 9.10. The topological polar surface area (TPSA) is 102 Å². The van der Waals surface area contributed by atoms with Crippen LogP contribution in [0.3, 0.4) is 0 Å². The molecule has 4 rings (SSSR count). The first-order valence-electron chi connectivity index (χ1n) is 13.4. The summed E-state index contributed by atoms with van der Waals surface area (Å²) in [5, 5.41) is 3.38. The second-order valence-corrected chi connectivity index (χ2v) is 10.5. The predicted molar refractivity (Wildman–Crippen MR) is 157 cm³/mol. The molecule has 0 saturated heterocycles. The van der Waals surface area contributed by atoms with Gasteiger partial charge in [0, 0.05) is 40.4 Å². The molecule has 1 N–H and O–H groups in total. The van der Waals surface area contributed by atoms with Crippen LogP contribution >= 0.6 is 15.9 Å². The molecule has 9 nitrogen and oxygen atoms in total. The number of dihydropyridines is 1. The first-order chi connectivity index (χ1) is 19.8. The number of halogens is 1. The van der Waals surface area contributed by atoms with Crippen molar-refractivity contribution in [1.82, 2.24) is 5.32 Å². The number of ketones is 1. The van der Waals surface area contributed by atoms with Crippen LogP contribution in [0.15, 0.2) is 57.3 Å². The second kappa shape index (κ2) is 13.4. The molecule has 1 heterocycles. The molecule has 10 heteroatoms. The number of hydrogen-bond donors (Lipinski definition) is 1. The molecule has 2 aromatic carbocycles. The summed E-state index contributed by atoms with van der Waals surface area (Å²) in [5.41, 5.74) is 3.97. The van der Waals surface area contributed by atoms with E-state index in [9.17, 15) is 9.59 Å². The number of esters is 1. The molecular formula is C31H36BrNO8. The molecule has 1 aliphatic carbocycles. The Bertz CT molecular complexity index is 1380. The van der Waals surface area contributed by atoms with E-state index < -0.39 is 11.9 Å². The van der Waals surface area contributed by atoms with Gasteiger partial charge >= 0.3 is 5.97 Å². The molecule has 220 valence electrons. The Morgan fingerprint density at radius 2 is 1.59 bits per heavy atom. The number of Topliss-reactive ketones (excluding diaryl/α,β-unsaturated/α-hetero) is 1. The number of ether oxygens (including phenoxy) is 6. The molecular weight excluding hydrogens is 594 g/mol. The maximum absolute atomic E-state index is 14.0. The quantitative estimate of drug-likeness (QED) is 0.258. The van der Waals surface area contributed by atoms with E-state index in [0.29, 0.717) is 62.9 Å². The molecule has 0 fully saturated rings. The van der Waals surface area contributed by atoms with Gasteiger partial charge in [-0.1, -0.05) is 22.0 Å². The Balaban J connectivity index is 1.80. The minimum Gasteiger partial charge on any atom is -0.493 e. The zero-order chi connectivity index (χ0) is 29.7. The lowest BCUT2D eigenvalue weighted by Gasteiger charge is -2.37. The van der Waals surface area contributed by atoms with Crippen LogP contribution in [-0.4, -0.2) is 60.0 Å². The summed E-state index contributed by atoms with van der Waals surface area (Å²) in [6.07, 6.45) is 0.838. The van der Waals surface area contributed by atoms with Gasteiger partial charge in [-0.3, -0.25) is 4.79 Å². The molecule has 0 radical (unpaired) electrons. The Morgan fingerprint density at radius 3 is 2.24 bits per heavy atom. The average molecular weight is 631 g/mol. The van der Waals surface area contributed by atoms with Crippen LogP contribution in [0.4, 0.5) is 0 Å². The Hall–Kier alpha value is -3.50. The molecule has 0 amide bonds. The van der Waals surface area contributed by atoms with E-state index in [0.717, 1.165) is 11.3 Å². The third-order valence-corrected chi connectivity index (χ3v) is 8.09. The minimum atomic E-state index is -0.682. The Labute approximate surface area is 248 Å². The molecule has 2 aliphatic rings. The summed E-state index contributed by atoms with van der Waals surface area (Å²) in [6.45, 7) is 4.61. The minimum absolute atomic E-state index is 0.0580. The first kappa shape index (κ1) is 30.5. The predicted octanol–water partition coefficient (Wildman–Crippen LogP) is 5.42. The lowest BCUT2D eigenvalue weighted by atomic mass is 9.71. The van der Waals surface area contributed by atoms with Crippen molar-refractivity contribution in [2.75, 3.05) is 48.3 Å². The summed E-state index contributed by atoms with van der Waals surface area (Å²) < 4.78 is 33.6. The number of rotatable bonds is 11. The number of carbonyl (C=O) groups excluding carboxylic acids is 2. The molecule has 0 bridgehead atoms. The Morgan fingerprint density at radius 1 is 0.927 bits per heavy atom. The fourth-order valence-corrected chi connectivity index (χ4v) is 6.02. The summed E-state index contributed by atoms with van der Waals surface area (Å²) in [6, 6.07) is 9.31. The number of carbonyl (C=O) groups is 2. The SMILES string of the molecule is CCOCCOC(=O)C1=C(C)NC2=C(C(=O)C[C@@H](c3ccc(OC)c(OC)c3)C2)[C@@H]1c1cc(OC)c(OC)cc1Br. The fraction of sp³-hybridized carbons (Fsp3) is 0.419. The highest BCUT2D eigenvalue weighted by Gasteiger charge is 2.42. The van der Waals surface area contributed by atoms with Crippen molar-refractivity contribution in [2.45, 2.75) is 38.5 Å². The van der Waals surface area contributed by atoms with E-state index in [1.165, 1.54) is 0 Å². The number of methoxy groups -OCH3 is 4. The van der Waals surface area contributed by atoms with Gasteiger partial charge in [-0.05, 0) is 61.6 Å². The van der Waals surface area contributed by atoms with Crippen LogP contribution < -0.4 is 24.3 Å². The molecule has 0 aromatic heterocycles. The van der Waals surface area contributed by atoms with Crippen molar-refractivity contribution in [3.8, 4) is 23.0 Å². The molecule has 0 saturated carbocycles. The number of benzene rings is 2. The lowest BCUT2D eigenvalue weighted by Crippen LogP contribution is -2.36. The van der Waals surface area contributed by atoms with Crippen LogP contribution in [0.2, 0.25) is 0 Å². The van der Waals surface area contributed by atoms with Crippen LogP contribution in [0.5, 0.6) is 23.0 Å². The van der Waals surface area contributed by atoms with Crippen molar-refractivity contribution < 1.29 is 38.0 Å². The molecule has 41 heavy (non-hydrogen) atoms. The van der Waals surface area contributed by atoms with E-state index in [2.05, 4.69) is 21.2 Å². The van der Waals surface area contributed by atoms with Crippen molar-refractivity contribution in [1.29, 1.82) is 0 Å². The van der Waals surface area contributed by atoms with Gasteiger partial charge < -0.3 is 33.7 Å². The summed E-state index contributed by atoms with van der Waals surface area (Å²) in [5.74, 6) is 0.901. The highest BCUT2D eigenvalue weighted by atomic mass is 79.9. The number of hydrogen-bond acceptors (Lipinski definition) is 9. The average Bonchev–Trinajstić information content (AvgIpc) is 2.97. The third-order valence-electron chi connectivity index (χ3n) is 7.41. The van der Waals surface area contributed by atoms with Crippen LogP contribution in [-0.2, 0) is 19.1 Å². The van der Waals surface area contributed by atoms with Gasteiger partial charge in [-0.2, -0.15) is 0 Å². The van der Waals surface area contributed by atoms with Crippen molar-refractivity contribution in [3.63, 3.8) is 0 Å². The van der Waals surface area contributed by atoms with Gasteiger partial charge in [0.15, 0.2) is 28.8 Å². The summed E-state index contributed by atoms with van der Waals surface area (Å²) in [4.78, 5) is 27.6. The molecule has 1 aliphatic heterocycles. The van der Waals surface area contributed by atoms with E-state index in [1.807, 2.05) is 32.0 Å². The monoisotopic (exact) mass is 629 g/mol. The van der Waals surface area contributed by atoms with Crippen molar-refractivity contribution >= 4 is 27.7 Å². The van der Waals surface area contributed by atoms with Gasteiger partial charge in [-0.25, -0.2) is 4.79 Å². The van der Waals surface area contributed by atoms with Gasteiger partial charge in [0.05, 0.1) is 40.6 Å². The molecule has 2 atom stereocenters. The maximum atomic E-state index is 14.0. The molecule has 2 aromatic rings. The van der Waals surface area contributed by atoms with Gasteiger partial charge in [0.25, 0.3) is 0 Å². The highest BCUT2D eigenvalue weighted by Crippen LogP contribution is 2.49. The number of nitrogens with one attached hydrogen (secondary N) is 1. The van der Waals surface area contributed by atoms with Crippen molar-refractivity contribution in [3.05, 3.63) is 68.5 Å². The largest absolute Gasteiger partial charge is 0.493 e. The molecule has 0 spiro atoms. The zero-order valence-corrected chi connectivity index (χ0v) is 25.8. The first-order valence-corrected chi connectivity index (χ1v) is 14.2.